The average molecular weight is 289 g/mol. The first-order valence-electron chi connectivity index (χ1n) is 7.27. The zero-order chi connectivity index (χ0) is 14.8. The maximum atomic E-state index is 12.5. The standard InChI is InChI=1S/C14H19N5O2/c1-15-12-4-3-11(17-18-12)14(21)19-7-6-10-9(8-19)2-5-13(20)16-10/h3-4,9-10H,2,5-8H2,1H3,(H,15,18)(H,16,20). The quantitative estimate of drug-likeness (QED) is 0.815. The van der Waals surface area contributed by atoms with Gasteiger partial charge in [-0.05, 0) is 30.9 Å². The lowest BCUT2D eigenvalue weighted by Gasteiger charge is -2.41. The first-order valence-corrected chi connectivity index (χ1v) is 7.27. The van der Waals surface area contributed by atoms with Crippen LogP contribution >= 0.6 is 0 Å². The summed E-state index contributed by atoms with van der Waals surface area (Å²) in [5, 5.41) is 13.8. The molecule has 0 aliphatic carbocycles. The zero-order valence-corrected chi connectivity index (χ0v) is 12.0. The first-order chi connectivity index (χ1) is 10.2. The topological polar surface area (TPSA) is 87.2 Å². The minimum Gasteiger partial charge on any atom is -0.372 e. The van der Waals surface area contributed by atoms with Gasteiger partial charge in [0.1, 0.15) is 5.82 Å². The van der Waals surface area contributed by atoms with E-state index in [9.17, 15) is 9.59 Å². The van der Waals surface area contributed by atoms with Crippen molar-refractivity contribution < 1.29 is 9.59 Å². The van der Waals surface area contributed by atoms with Gasteiger partial charge in [-0.3, -0.25) is 9.59 Å². The molecule has 3 heterocycles. The van der Waals surface area contributed by atoms with Gasteiger partial charge < -0.3 is 15.5 Å². The minimum absolute atomic E-state index is 0.0829. The molecule has 2 amide bonds. The summed E-state index contributed by atoms with van der Waals surface area (Å²) in [5.41, 5.74) is 0.368. The summed E-state index contributed by atoms with van der Waals surface area (Å²) in [4.78, 5) is 25.7. The van der Waals surface area contributed by atoms with Crippen molar-refractivity contribution in [3.8, 4) is 0 Å². The molecule has 21 heavy (non-hydrogen) atoms. The van der Waals surface area contributed by atoms with E-state index in [1.54, 1.807) is 19.2 Å². The monoisotopic (exact) mass is 289 g/mol. The highest BCUT2D eigenvalue weighted by molar-refractivity contribution is 5.92. The van der Waals surface area contributed by atoms with Crippen molar-refractivity contribution in [2.24, 2.45) is 5.92 Å². The molecule has 0 bridgehead atoms. The Balaban J connectivity index is 1.67. The van der Waals surface area contributed by atoms with E-state index in [2.05, 4.69) is 20.8 Å². The fourth-order valence-electron chi connectivity index (χ4n) is 3.04. The SMILES string of the molecule is CNc1ccc(C(=O)N2CCC3NC(=O)CCC3C2)nn1. The Hall–Kier alpha value is -2.18. The number of piperidine rings is 2. The smallest absolute Gasteiger partial charge is 0.274 e. The van der Waals surface area contributed by atoms with Crippen LogP contribution in [0.15, 0.2) is 12.1 Å². The van der Waals surface area contributed by atoms with Crippen LogP contribution in [-0.2, 0) is 4.79 Å². The molecule has 3 rings (SSSR count). The largest absolute Gasteiger partial charge is 0.372 e. The van der Waals surface area contributed by atoms with Gasteiger partial charge in [-0.25, -0.2) is 0 Å². The molecular formula is C14H19N5O2. The number of anilines is 1. The molecule has 0 saturated carbocycles. The van der Waals surface area contributed by atoms with Crippen molar-refractivity contribution in [3.05, 3.63) is 17.8 Å². The van der Waals surface area contributed by atoms with E-state index in [0.29, 0.717) is 36.9 Å². The number of nitrogens with one attached hydrogen (secondary N) is 2. The van der Waals surface area contributed by atoms with E-state index >= 15 is 0 Å². The zero-order valence-electron chi connectivity index (χ0n) is 12.0. The van der Waals surface area contributed by atoms with Gasteiger partial charge in [0.15, 0.2) is 5.69 Å². The summed E-state index contributed by atoms with van der Waals surface area (Å²) in [6.07, 6.45) is 2.22. The molecule has 2 aliphatic heterocycles. The Morgan fingerprint density at radius 3 is 2.95 bits per heavy atom. The van der Waals surface area contributed by atoms with Gasteiger partial charge >= 0.3 is 0 Å². The second-order valence-electron chi connectivity index (χ2n) is 5.57. The molecule has 2 N–H and O–H groups in total. The van der Waals surface area contributed by atoms with Crippen molar-refractivity contribution in [2.45, 2.75) is 25.3 Å². The number of likely N-dealkylation sites (tertiary alicyclic amines) is 1. The fraction of sp³-hybridized carbons (Fsp3) is 0.571. The van der Waals surface area contributed by atoms with Crippen LogP contribution in [0.1, 0.15) is 29.8 Å². The summed E-state index contributed by atoms with van der Waals surface area (Å²) < 4.78 is 0. The Labute approximate surface area is 123 Å². The number of hydrogen-bond acceptors (Lipinski definition) is 5. The molecule has 7 heteroatoms. The molecule has 112 valence electrons. The summed E-state index contributed by atoms with van der Waals surface area (Å²) in [6.45, 7) is 1.33. The highest BCUT2D eigenvalue weighted by Gasteiger charge is 2.35. The summed E-state index contributed by atoms with van der Waals surface area (Å²) >= 11 is 0. The highest BCUT2D eigenvalue weighted by atomic mass is 16.2. The van der Waals surface area contributed by atoms with Crippen molar-refractivity contribution in [1.29, 1.82) is 0 Å². The van der Waals surface area contributed by atoms with Gasteiger partial charge in [0.05, 0.1) is 0 Å². The normalized spacial score (nSPS) is 25.0. The number of amides is 2. The number of nitrogens with zero attached hydrogens (tertiary/aromatic N) is 3. The van der Waals surface area contributed by atoms with E-state index < -0.39 is 0 Å². The molecule has 0 aromatic carbocycles. The van der Waals surface area contributed by atoms with Gasteiger partial charge in [0.25, 0.3) is 5.91 Å². The average Bonchev–Trinajstić information content (AvgIpc) is 2.53. The molecule has 0 radical (unpaired) electrons. The molecule has 2 aliphatic rings. The number of rotatable bonds is 2. The van der Waals surface area contributed by atoms with Gasteiger partial charge in [0, 0.05) is 32.6 Å². The van der Waals surface area contributed by atoms with E-state index in [1.807, 2.05) is 4.90 Å². The first kappa shape index (κ1) is 13.8. The third kappa shape index (κ3) is 2.81. The molecule has 0 spiro atoms. The predicted octanol–water partition coefficient (Wildman–Crippen LogP) is 0.259. The second kappa shape index (κ2) is 5.67. The Morgan fingerprint density at radius 2 is 2.24 bits per heavy atom. The van der Waals surface area contributed by atoms with Crippen LogP contribution < -0.4 is 10.6 Å². The molecule has 1 aromatic rings. The minimum atomic E-state index is -0.0829. The number of carbonyl (C=O) groups excluding carboxylic acids is 2. The lowest BCUT2D eigenvalue weighted by molar-refractivity contribution is -0.125. The van der Waals surface area contributed by atoms with Crippen LogP contribution in [0.5, 0.6) is 0 Å². The van der Waals surface area contributed by atoms with E-state index in [1.165, 1.54) is 0 Å². The summed E-state index contributed by atoms with van der Waals surface area (Å²) in [6, 6.07) is 3.65. The lowest BCUT2D eigenvalue weighted by atomic mass is 9.85. The molecule has 1 aromatic heterocycles. The maximum absolute atomic E-state index is 12.5. The Kier molecular flexibility index (Phi) is 3.72. The Morgan fingerprint density at radius 1 is 1.38 bits per heavy atom. The summed E-state index contributed by atoms with van der Waals surface area (Å²) in [7, 11) is 1.76. The molecule has 7 nitrogen and oxygen atoms in total. The molecular weight excluding hydrogens is 270 g/mol. The van der Waals surface area contributed by atoms with Crippen molar-refractivity contribution in [3.63, 3.8) is 0 Å². The van der Waals surface area contributed by atoms with Crippen LogP contribution in [-0.4, -0.2) is 53.1 Å². The Bertz CT molecular complexity index is 545. The van der Waals surface area contributed by atoms with Gasteiger partial charge in [-0.15, -0.1) is 10.2 Å². The van der Waals surface area contributed by atoms with E-state index in [4.69, 9.17) is 0 Å². The van der Waals surface area contributed by atoms with Crippen LogP contribution in [0.3, 0.4) is 0 Å². The van der Waals surface area contributed by atoms with Gasteiger partial charge in [0.2, 0.25) is 5.91 Å². The van der Waals surface area contributed by atoms with E-state index in [-0.39, 0.29) is 17.9 Å². The third-order valence-electron chi connectivity index (χ3n) is 4.25. The lowest BCUT2D eigenvalue weighted by Crippen LogP contribution is -2.55. The van der Waals surface area contributed by atoms with Crippen molar-refractivity contribution >= 4 is 17.6 Å². The molecule has 2 fully saturated rings. The van der Waals surface area contributed by atoms with Crippen LogP contribution in [0, 0.1) is 5.92 Å². The molecule has 2 unspecified atom stereocenters. The molecule has 2 saturated heterocycles. The number of carbonyl (C=O) groups is 2. The van der Waals surface area contributed by atoms with Gasteiger partial charge in [-0.2, -0.15) is 0 Å². The highest BCUT2D eigenvalue weighted by Crippen LogP contribution is 2.26. The van der Waals surface area contributed by atoms with Crippen LogP contribution in [0.4, 0.5) is 5.82 Å². The molecule has 2 atom stereocenters. The van der Waals surface area contributed by atoms with E-state index in [0.717, 1.165) is 12.8 Å². The van der Waals surface area contributed by atoms with Crippen molar-refractivity contribution in [2.75, 3.05) is 25.5 Å². The maximum Gasteiger partial charge on any atom is 0.274 e. The second-order valence-corrected chi connectivity index (χ2v) is 5.57. The predicted molar refractivity (Wildman–Crippen MR) is 76.8 cm³/mol. The van der Waals surface area contributed by atoms with Crippen LogP contribution in [0.2, 0.25) is 0 Å². The van der Waals surface area contributed by atoms with Crippen molar-refractivity contribution in [1.82, 2.24) is 20.4 Å². The number of hydrogen-bond donors (Lipinski definition) is 2. The number of aromatic nitrogens is 2. The fourth-order valence-corrected chi connectivity index (χ4v) is 3.04. The number of fused-ring (bicyclic) bond motifs is 1. The third-order valence-corrected chi connectivity index (χ3v) is 4.25. The van der Waals surface area contributed by atoms with Gasteiger partial charge in [-0.1, -0.05) is 0 Å². The summed E-state index contributed by atoms with van der Waals surface area (Å²) in [5.74, 6) is 1.04. The van der Waals surface area contributed by atoms with Crippen LogP contribution in [0.25, 0.3) is 0 Å².